The SMILES string of the molecule is CCCCC=CC(C)CCCCCCC. The average Bonchev–Trinajstić information content (AvgIpc) is 2.24. The minimum absolute atomic E-state index is 0.795. The van der Waals surface area contributed by atoms with Crippen LogP contribution in [0.15, 0.2) is 12.2 Å². The summed E-state index contributed by atoms with van der Waals surface area (Å²) >= 11 is 0. The highest BCUT2D eigenvalue weighted by atomic mass is 14.0. The Labute approximate surface area is 97.2 Å². The summed E-state index contributed by atoms with van der Waals surface area (Å²) in [5, 5.41) is 0. The number of hydrogen-bond donors (Lipinski definition) is 0. The molecule has 0 fully saturated rings. The molecule has 0 aromatic rings. The van der Waals surface area contributed by atoms with Gasteiger partial charge >= 0.3 is 0 Å². The Balaban J connectivity index is 3.24. The van der Waals surface area contributed by atoms with Gasteiger partial charge in [-0.2, -0.15) is 0 Å². The zero-order valence-corrected chi connectivity index (χ0v) is 11.1. The molecular formula is C15H30. The van der Waals surface area contributed by atoms with Crippen LogP contribution in [0.1, 0.15) is 78.6 Å². The topological polar surface area (TPSA) is 0 Å². The van der Waals surface area contributed by atoms with E-state index in [0.29, 0.717) is 0 Å². The minimum atomic E-state index is 0.795. The Morgan fingerprint density at radius 2 is 1.53 bits per heavy atom. The molecule has 0 rings (SSSR count). The van der Waals surface area contributed by atoms with Gasteiger partial charge in [-0.15, -0.1) is 0 Å². The Hall–Kier alpha value is -0.260. The number of rotatable bonds is 10. The maximum Gasteiger partial charge on any atom is -0.0262 e. The number of allylic oxidation sites excluding steroid dienone is 2. The Morgan fingerprint density at radius 1 is 0.867 bits per heavy atom. The van der Waals surface area contributed by atoms with Crippen molar-refractivity contribution in [2.24, 2.45) is 5.92 Å². The molecule has 0 N–H and O–H groups in total. The molecule has 0 heterocycles. The second-order valence-corrected chi connectivity index (χ2v) is 4.75. The van der Waals surface area contributed by atoms with Crippen LogP contribution in [0.2, 0.25) is 0 Å². The maximum atomic E-state index is 2.41. The zero-order valence-electron chi connectivity index (χ0n) is 11.1. The van der Waals surface area contributed by atoms with Crippen molar-refractivity contribution < 1.29 is 0 Å². The summed E-state index contributed by atoms with van der Waals surface area (Å²) in [7, 11) is 0. The molecule has 0 saturated carbocycles. The normalized spacial score (nSPS) is 13.5. The summed E-state index contributed by atoms with van der Waals surface area (Å²) < 4.78 is 0. The van der Waals surface area contributed by atoms with E-state index in [1.165, 1.54) is 57.8 Å². The fraction of sp³-hybridized carbons (Fsp3) is 0.867. The van der Waals surface area contributed by atoms with Crippen molar-refractivity contribution in [3.63, 3.8) is 0 Å². The second kappa shape index (κ2) is 11.8. The smallest absolute Gasteiger partial charge is 0.0262 e. The third-order valence-corrected chi connectivity index (χ3v) is 2.95. The van der Waals surface area contributed by atoms with E-state index in [1.807, 2.05) is 0 Å². The molecule has 0 saturated heterocycles. The Morgan fingerprint density at radius 3 is 2.20 bits per heavy atom. The number of unbranched alkanes of at least 4 members (excludes halogenated alkanes) is 6. The molecule has 0 amide bonds. The molecule has 1 unspecified atom stereocenters. The first-order chi connectivity index (χ1) is 7.31. The third-order valence-electron chi connectivity index (χ3n) is 2.95. The summed E-state index contributed by atoms with van der Waals surface area (Å²) in [4.78, 5) is 0. The van der Waals surface area contributed by atoms with Gasteiger partial charge in [0.25, 0.3) is 0 Å². The van der Waals surface area contributed by atoms with Gasteiger partial charge in [0.2, 0.25) is 0 Å². The van der Waals surface area contributed by atoms with Gasteiger partial charge in [0, 0.05) is 0 Å². The predicted molar refractivity (Wildman–Crippen MR) is 71.2 cm³/mol. The summed E-state index contributed by atoms with van der Waals surface area (Å²) in [5.74, 6) is 0.795. The quantitative estimate of drug-likeness (QED) is 0.319. The van der Waals surface area contributed by atoms with Crippen LogP contribution in [0.5, 0.6) is 0 Å². The Kier molecular flexibility index (Phi) is 11.6. The summed E-state index contributed by atoms with van der Waals surface area (Å²) in [6.45, 7) is 6.88. The first kappa shape index (κ1) is 14.7. The number of hydrogen-bond acceptors (Lipinski definition) is 0. The lowest BCUT2D eigenvalue weighted by Gasteiger charge is -2.05. The van der Waals surface area contributed by atoms with Crippen molar-refractivity contribution in [2.45, 2.75) is 78.6 Å². The molecule has 0 aromatic carbocycles. The molecule has 1 atom stereocenters. The van der Waals surface area contributed by atoms with E-state index in [9.17, 15) is 0 Å². The van der Waals surface area contributed by atoms with Crippen LogP contribution >= 0.6 is 0 Å². The molecule has 90 valence electrons. The van der Waals surface area contributed by atoms with Crippen molar-refractivity contribution in [3.8, 4) is 0 Å². The van der Waals surface area contributed by atoms with Crippen molar-refractivity contribution in [2.75, 3.05) is 0 Å². The van der Waals surface area contributed by atoms with Crippen molar-refractivity contribution in [1.29, 1.82) is 0 Å². The van der Waals surface area contributed by atoms with Gasteiger partial charge in [0.15, 0.2) is 0 Å². The fourth-order valence-electron chi connectivity index (χ4n) is 1.82. The van der Waals surface area contributed by atoms with Crippen LogP contribution in [0.3, 0.4) is 0 Å². The van der Waals surface area contributed by atoms with Crippen LogP contribution < -0.4 is 0 Å². The van der Waals surface area contributed by atoms with Crippen LogP contribution in [0.4, 0.5) is 0 Å². The monoisotopic (exact) mass is 210 g/mol. The summed E-state index contributed by atoms with van der Waals surface area (Å²) in [6.07, 6.45) is 17.2. The van der Waals surface area contributed by atoms with Crippen LogP contribution in [0, 0.1) is 5.92 Å². The lowest BCUT2D eigenvalue weighted by atomic mass is 10.0. The lowest BCUT2D eigenvalue weighted by molar-refractivity contribution is 0.549. The molecule has 0 aliphatic heterocycles. The van der Waals surface area contributed by atoms with Crippen LogP contribution in [0.25, 0.3) is 0 Å². The predicted octanol–water partition coefficient (Wildman–Crippen LogP) is 5.73. The van der Waals surface area contributed by atoms with E-state index in [-0.39, 0.29) is 0 Å². The maximum absolute atomic E-state index is 2.41. The lowest BCUT2D eigenvalue weighted by Crippen LogP contribution is -1.89. The molecule has 0 bridgehead atoms. The molecule has 0 spiro atoms. The average molecular weight is 210 g/mol. The standard InChI is InChI=1S/C15H30/c1-4-6-8-10-12-14-15(3)13-11-9-7-5-2/h11,13,15H,4-10,12,14H2,1-3H3. The molecule has 0 aliphatic carbocycles. The van der Waals surface area contributed by atoms with E-state index >= 15 is 0 Å². The molecule has 0 radical (unpaired) electrons. The molecule has 15 heavy (non-hydrogen) atoms. The minimum Gasteiger partial charge on any atom is -0.0883 e. The van der Waals surface area contributed by atoms with E-state index in [0.717, 1.165) is 5.92 Å². The van der Waals surface area contributed by atoms with Gasteiger partial charge in [0.1, 0.15) is 0 Å². The highest BCUT2D eigenvalue weighted by molar-refractivity contribution is 4.86. The molecule has 0 nitrogen and oxygen atoms in total. The largest absolute Gasteiger partial charge is 0.0883 e. The first-order valence-electron chi connectivity index (χ1n) is 6.97. The van der Waals surface area contributed by atoms with Gasteiger partial charge in [-0.25, -0.2) is 0 Å². The van der Waals surface area contributed by atoms with Crippen molar-refractivity contribution >= 4 is 0 Å². The molecule has 0 heteroatoms. The highest BCUT2D eigenvalue weighted by Crippen LogP contribution is 2.12. The van der Waals surface area contributed by atoms with Gasteiger partial charge in [-0.3, -0.25) is 0 Å². The van der Waals surface area contributed by atoms with E-state index in [4.69, 9.17) is 0 Å². The van der Waals surface area contributed by atoms with Gasteiger partial charge < -0.3 is 0 Å². The molecular weight excluding hydrogens is 180 g/mol. The van der Waals surface area contributed by atoms with E-state index in [1.54, 1.807) is 0 Å². The highest BCUT2D eigenvalue weighted by Gasteiger charge is 1.96. The Bertz CT molecular complexity index is 135. The van der Waals surface area contributed by atoms with E-state index < -0.39 is 0 Å². The van der Waals surface area contributed by atoms with Crippen molar-refractivity contribution in [3.05, 3.63) is 12.2 Å². The van der Waals surface area contributed by atoms with Gasteiger partial charge in [-0.1, -0.05) is 77.9 Å². The van der Waals surface area contributed by atoms with E-state index in [2.05, 4.69) is 32.9 Å². The molecule has 0 aromatic heterocycles. The fourth-order valence-corrected chi connectivity index (χ4v) is 1.82. The molecule has 0 aliphatic rings. The first-order valence-corrected chi connectivity index (χ1v) is 6.97. The zero-order chi connectivity index (χ0) is 11.4. The van der Waals surface area contributed by atoms with Gasteiger partial charge in [-0.05, 0) is 18.8 Å². The summed E-state index contributed by atoms with van der Waals surface area (Å²) in [5.41, 5.74) is 0. The van der Waals surface area contributed by atoms with Crippen LogP contribution in [-0.4, -0.2) is 0 Å². The van der Waals surface area contributed by atoms with Crippen LogP contribution in [-0.2, 0) is 0 Å². The second-order valence-electron chi connectivity index (χ2n) is 4.75. The summed E-state index contributed by atoms with van der Waals surface area (Å²) in [6, 6.07) is 0. The van der Waals surface area contributed by atoms with Gasteiger partial charge in [0.05, 0.1) is 0 Å². The van der Waals surface area contributed by atoms with Crippen molar-refractivity contribution in [1.82, 2.24) is 0 Å². The third kappa shape index (κ3) is 11.7.